The Morgan fingerprint density at radius 2 is 2.00 bits per heavy atom. The van der Waals surface area contributed by atoms with E-state index in [0.717, 1.165) is 10.6 Å². The van der Waals surface area contributed by atoms with E-state index < -0.39 is 0 Å². The van der Waals surface area contributed by atoms with Crippen LogP contribution >= 0.6 is 34.2 Å². The molecule has 0 spiro atoms. The van der Waals surface area contributed by atoms with E-state index in [-0.39, 0.29) is 6.04 Å². The van der Waals surface area contributed by atoms with Gasteiger partial charge in [-0.3, -0.25) is 0 Å². The van der Waals surface area contributed by atoms with Crippen LogP contribution in [0.25, 0.3) is 0 Å². The molecule has 0 bridgehead atoms. The molecule has 0 unspecified atom stereocenters. The molecule has 0 saturated carbocycles. The molecule has 1 aromatic carbocycles. The fourth-order valence-corrected chi connectivity index (χ4v) is 2.00. The number of hydrogen-bond donors (Lipinski definition) is 1. The number of hydrogen-bond acceptors (Lipinski definition) is 1. The molecule has 0 aliphatic rings. The zero-order valence-electron chi connectivity index (χ0n) is 7.72. The normalized spacial score (nSPS) is 13.4. The van der Waals surface area contributed by atoms with Crippen LogP contribution < -0.4 is 5.73 Å². The molecule has 0 aliphatic carbocycles. The van der Waals surface area contributed by atoms with Gasteiger partial charge in [0.2, 0.25) is 0 Å². The molecule has 72 valence electrons. The van der Waals surface area contributed by atoms with Gasteiger partial charge in [-0.05, 0) is 52.3 Å². The molecule has 0 aliphatic heterocycles. The third-order valence-electron chi connectivity index (χ3n) is 2.04. The van der Waals surface area contributed by atoms with Gasteiger partial charge in [0, 0.05) is 14.6 Å². The second-order valence-corrected chi connectivity index (χ2v) is 5.03. The molecule has 1 nitrogen and oxygen atoms in total. The van der Waals surface area contributed by atoms with Crippen LogP contribution in [0.1, 0.15) is 25.5 Å². The van der Waals surface area contributed by atoms with E-state index in [2.05, 4.69) is 36.4 Å². The van der Waals surface area contributed by atoms with Crippen LogP contribution in [0.2, 0.25) is 5.02 Å². The lowest BCUT2D eigenvalue weighted by Gasteiger charge is -2.17. The van der Waals surface area contributed by atoms with Crippen LogP contribution in [0, 0.1) is 9.49 Å². The van der Waals surface area contributed by atoms with E-state index >= 15 is 0 Å². The van der Waals surface area contributed by atoms with Gasteiger partial charge in [0.25, 0.3) is 0 Å². The monoisotopic (exact) mass is 309 g/mol. The summed E-state index contributed by atoms with van der Waals surface area (Å²) in [5, 5.41) is 0.756. The van der Waals surface area contributed by atoms with Crippen molar-refractivity contribution < 1.29 is 0 Å². The van der Waals surface area contributed by atoms with Crippen LogP contribution in [0.15, 0.2) is 18.2 Å². The quantitative estimate of drug-likeness (QED) is 0.830. The first-order valence-electron chi connectivity index (χ1n) is 4.23. The maximum atomic E-state index is 6.04. The Hall–Kier alpha value is 0.200. The number of halogens is 2. The summed E-state index contributed by atoms with van der Waals surface area (Å²) < 4.78 is 1.18. The minimum atomic E-state index is 0.0746. The predicted octanol–water partition coefficient (Wildman–Crippen LogP) is 3.60. The van der Waals surface area contributed by atoms with Gasteiger partial charge < -0.3 is 5.73 Å². The van der Waals surface area contributed by atoms with Crippen molar-refractivity contribution in [2.24, 2.45) is 11.7 Å². The number of rotatable bonds is 2. The number of benzene rings is 1. The minimum Gasteiger partial charge on any atom is -0.324 e. The average Bonchev–Trinajstić information content (AvgIpc) is 2.08. The molecule has 0 saturated heterocycles. The van der Waals surface area contributed by atoms with E-state index in [1.807, 2.05) is 18.2 Å². The Kier molecular flexibility index (Phi) is 4.01. The van der Waals surface area contributed by atoms with Gasteiger partial charge >= 0.3 is 0 Å². The van der Waals surface area contributed by atoms with Gasteiger partial charge in [-0.25, -0.2) is 0 Å². The summed E-state index contributed by atoms with van der Waals surface area (Å²) in [5.74, 6) is 0.437. The van der Waals surface area contributed by atoms with Crippen molar-refractivity contribution in [3.8, 4) is 0 Å². The summed E-state index contributed by atoms with van der Waals surface area (Å²) in [5.41, 5.74) is 7.19. The van der Waals surface area contributed by atoms with Crippen molar-refractivity contribution in [1.29, 1.82) is 0 Å². The van der Waals surface area contributed by atoms with Crippen LogP contribution in [-0.4, -0.2) is 0 Å². The van der Waals surface area contributed by atoms with Crippen molar-refractivity contribution in [2.45, 2.75) is 19.9 Å². The minimum absolute atomic E-state index is 0.0746. The highest BCUT2D eigenvalue weighted by atomic mass is 127. The first-order chi connectivity index (χ1) is 6.02. The molecule has 1 aromatic rings. The van der Waals surface area contributed by atoms with Gasteiger partial charge in [0.05, 0.1) is 0 Å². The molecule has 1 rings (SSSR count). The summed E-state index contributed by atoms with van der Waals surface area (Å²) in [7, 11) is 0. The molecule has 0 heterocycles. The van der Waals surface area contributed by atoms with E-state index in [0.29, 0.717) is 5.92 Å². The van der Waals surface area contributed by atoms with E-state index in [1.54, 1.807) is 0 Å². The summed E-state index contributed by atoms with van der Waals surface area (Å²) in [4.78, 5) is 0. The maximum Gasteiger partial charge on any atom is 0.0410 e. The Bertz CT molecular complexity index is 299. The molecule has 0 amide bonds. The summed E-state index contributed by atoms with van der Waals surface area (Å²) in [6.45, 7) is 4.23. The second kappa shape index (κ2) is 4.62. The van der Waals surface area contributed by atoms with Crippen molar-refractivity contribution in [2.75, 3.05) is 0 Å². The van der Waals surface area contributed by atoms with Crippen LogP contribution in [0.3, 0.4) is 0 Å². The Balaban J connectivity index is 3.05. The van der Waals surface area contributed by atoms with Crippen molar-refractivity contribution >= 4 is 34.2 Å². The van der Waals surface area contributed by atoms with Gasteiger partial charge in [0.15, 0.2) is 0 Å². The largest absolute Gasteiger partial charge is 0.324 e. The molecule has 3 heteroatoms. The van der Waals surface area contributed by atoms with E-state index in [4.69, 9.17) is 17.3 Å². The Morgan fingerprint density at radius 3 is 2.54 bits per heavy atom. The molecule has 1 atom stereocenters. The number of nitrogens with two attached hydrogens (primary N) is 1. The molecule has 0 aromatic heterocycles. The third-order valence-corrected chi connectivity index (χ3v) is 3.25. The maximum absolute atomic E-state index is 6.04. The first-order valence-corrected chi connectivity index (χ1v) is 5.68. The van der Waals surface area contributed by atoms with Crippen molar-refractivity contribution in [3.63, 3.8) is 0 Å². The fraction of sp³-hybridized carbons (Fsp3) is 0.400. The van der Waals surface area contributed by atoms with Crippen molar-refractivity contribution in [1.82, 2.24) is 0 Å². The summed E-state index contributed by atoms with van der Waals surface area (Å²) >= 11 is 8.19. The Morgan fingerprint density at radius 1 is 1.38 bits per heavy atom. The standard InChI is InChI=1S/C10H13ClIN/c1-6(2)10(13)8-5-7(11)3-4-9(8)12/h3-6,10H,13H2,1-2H3/t10-/m0/s1. The summed E-state index contributed by atoms with van der Waals surface area (Å²) in [6, 6.07) is 5.92. The SMILES string of the molecule is CC(C)[C@H](N)c1cc(Cl)ccc1I. The average molecular weight is 310 g/mol. The van der Waals surface area contributed by atoms with Gasteiger partial charge in [-0.2, -0.15) is 0 Å². The highest BCUT2D eigenvalue weighted by Crippen LogP contribution is 2.26. The second-order valence-electron chi connectivity index (χ2n) is 3.44. The van der Waals surface area contributed by atoms with E-state index in [1.165, 1.54) is 3.57 Å². The molecule has 0 radical (unpaired) electrons. The Labute approximate surface area is 97.8 Å². The van der Waals surface area contributed by atoms with Crippen LogP contribution in [0.4, 0.5) is 0 Å². The van der Waals surface area contributed by atoms with Crippen LogP contribution in [-0.2, 0) is 0 Å². The molecular formula is C10H13ClIN. The lowest BCUT2D eigenvalue weighted by atomic mass is 9.97. The molecule has 0 fully saturated rings. The molecular weight excluding hydrogens is 296 g/mol. The zero-order valence-corrected chi connectivity index (χ0v) is 10.6. The molecule has 13 heavy (non-hydrogen) atoms. The zero-order chi connectivity index (χ0) is 10.0. The fourth-order valence-electron chi connectivity index (χ4n) is 1.13. The van der Waals surface area contributed by atoms with Crippen LogP contribution in [0.5, 0.6) is 0 Å². The van der Waals surface area contributed by atoms with Gasteiger partial charge in [0.1, 0.15) is 0 Å². The van der Waals surface area contributed by atoms with Crippen molar-refractivity contribution in [3.05, 3.63) is 32.4 Å². The highest BCUT2D eigenvalue weighted by molar-refractivity contribution is 14.1. The lowest BCUT2D eigenvalue weighted by Crippen LogP contribution is -2.17. The van der Waals surface area contributed by atoms with Gasteiger partial charge in [-0.15, -0.1) is 0 Å². The first kappa shape index (κ1) is 11.3. The highest BCUT2D eigenvalue weighted by Gasteiger charge is 2.13. The summed E-state index contributed by atoms with van der Waals surface area (Å²) in [6.07, 6.45) is 0. The third kappa shape index (κ3) is 2.82. The topological polar surface area (TPSA) is 26.0 Å². The lowest BCUT2D eigenvalue weighted by molar-refractivity contribution is 0.512. The van der Waals surface area contributed by atoms with E-state index in [9.17, 15) is 0 Å². The smallest absolute Gasteiger partial charge is 0.0410 e. The predicted molar refractivity (Wildman–Crippen MR) is 65.9 cm³/mol. The molecule has 2 N–H and O–H groups in total. The van der Waals surface area contributed by atoms with Gasteiger partial charge in [-0.1, -0.05) is 25.4 Å².